The van der Waals surface area contributed by atoms with E-state index >= 15 is 0 Å². The molecule has 1 aromatic rings. The fourth-order valence-electron chi connectivity index (χ4n) is 3.01. The van der Waals surface area contributed by atoms with E-state index < -0.39 is 0 Å². The molecule has 2 saturated heterocycles. The van der Waals surface area contributed by atoms with Crippen molar-refractivity contribution in [1.29, 1.82) is 0 Å². The number of piperidine rings is 1. The van der Waals surface area contributed by atoms with Crippen molar-refractivity contribution in [3.8, 4) is 0 Å². The standard InChI is InChI=1S/C16H21N2O2/c19-16(18-10-4-5-11-18)20-15-12-14(8-9-17-15)13-6-2-1-3-7-13/h1-3,6-7,14-15H,4-5,8-12H2/t14?,15-/m1/s1. The minimum Gasteiger partial charge on any atom is -0.429 e. The fourth-order valence-corrected chi connectivity index (χ4v) is 3.01. The monoisotopic (exact) mass is 273 g/mol. The summed E-state index contributed by atoms with van der Waals surface area (Å²) in [6.45, 7) is 2.43. The predicted octanol–water partition coefficient (Wildman–Crippen LogP) is 2.73. The number of hydrogen-bond acceptors (Lipinski definition) is 2. The van der Waals surface area contributed by atoms with Crippen molar-refractivity contribution in [1.82, 2.24) is 10.2 Å². The molecular formula is C16H21N2O2. The van der Waals surface area contributed by atoms with Crippen molar-refractivity contribution in [3.63, 3.8) is 0 Å². The van der Waals surface area contributed by atoms with E-state index in [0.717, 1.165) is 45.3 Å². The van der Waals surface area contributed by atoms with Gasteiger partial charge in [-0.25, -0.2) is 10.1 Å². The summed E-state index contributed by atoms with van der Waals surface area (Å²) in [5, 5.41) is 4.45. The number of nitrogens with zero attached hydrogens (tertiary/aromatic N) is 2. The summed E-state index contributed by atoms with van der Waals surface area (Å²) in [5.41, 5.74) is 1.32. The Labute approximate surface area is 120 Å². The van der Waals surface area contributed by atoms with Crippen LogP contribution in [0.5, 0.6) is 0 Å². The third-order valence-electron chi connectivity index (χ3n) is 4.17. The van der Waals surface area contributed by atoms with Crippen LogP contribution in [0.15, 0.2) is 30.3 Å². The molecule has 2 atom stereocenters. The SMILES string of the molecule is O=C(O[C@@H]1CC(c2ccccc2)CC[N]1)N1CCCC1. The minimum atomic E-state index is -0.276. The molecule has 1 radical (unpaired) electrons. The van der Waals surface area contributed by atoms with Crippen molar-refractivity contribution in [2.24, 2.45) is 0 Å². The van der Waals surface area contributed by atoms with Crippen molar-refractivity contribution in [3.05, 3.63) is 35.9 Å². The lowest BCUT2D eigenvalue weighted by atomic mass is 9.89. The summed E-state index contributed by atoms with van der Waals surface area (Å²) in [5.74, 6) is 0.449. The molecule has 0 N–H and O–H groups in total. The molecule has 107 valence electrons. The number of carbonyl (C=O) groups is 1. The Morgan fingerprint density at radius 1 is 1.20 bits per heavy atom. The molecule has 4 heteroatoms. The van der Waals surface area contributed by atoms with Gasteiger partial charge < -0.3 is 9.64 Å². The van der Waals surface area contributed by atoms with E-state index in [1.165, 1.54) is 5.56 Å². The van der Waals surface area contributed by atoms with Crippen LogP contribution in [0.4, 0.5) is 4.79 Å². The lowest BCUT2D eigenvalue weighted by molar-refractivity contribution is 0.0318. The van der Waals surface area contributed by atoms with E-state index in [1.807, 2.05) is 6.07 Å². The molecule has 0 aromatic heterocycles. The molecule has 1 unspecified atom stereocenters. The number of likely N-dealkylation sites (tertiary alicyclic amines) is 1. The Morgan fingerprint density at radius 3 is 2.70 bits per heavy atom. The molecule has 0 bridgehead atoms. The van der Waals surface area contributed by atoms with Crippen molar-refractivity contribution >= 4 is 6.09 Å². The van der Waals surface area contributed by atoms with Crippen LogP contribution in [0, 0.1) is 0 Å². The maximum Gasteiger partial charge on any atom is 0.411 e. The first kappa shape index (κ1) is 13.4. The predicted molar refractivity (Wildman–Crippen MR) is 76.5 cm³/mol. The third kappa shape index (κ3) is 3.12. The molecule has 20 heavy (non-hydrogen) atoms. The second-order valence-electron chi connectivity index (χ2n) is 5.57. The number of hydrogen-bond donors (Lipinski definition) is 0. The highest BCUT2D eigenvalue weighted by atomic mass is 16.6. The van der Waals surface area contributed by atoms with Gasteiger partial charge in [-0.3, -0.25) is 0 Å². The van der Waals surface area contributed by atoms with E-state index in [2.05, 4.69) is 29.6 Å². The maximum atomic E-state index is 12.0. The van der Waals surface area contributed by atoms with Gasteiger partial charge in [0.1, 0.15) is 0 Å². The summed E-state index contributed by atoms with van der Waals surface area (Å²) in [6.07, 6.45) is 3.56. The smallest absolute Gasteiger partial charge is 0.411 e. The molecule has 0 saturated carbocycles. The van der Waals surface area contributed by atoms with Gasteiger partial charge in [0.05, 0.1) is 0 Å². The topological polar surface area (TPSA) is 43.6 Å². The zero-order valence-corrected chi connectivity index (χ0v) is 11.7. The van der Waals surface area contributed by atoms with Crippen LogP contribution < -0.4 is 5.32 Å². The largest absolute Gasteiger partial charge is 0.429 e. The Balaban J connectivity index is 1.56. The second-order valence-corrected chi connectivity index (χ2v) is 5.57. The molecule has 2 heterocycles. The normalized spacial score (nSPS) is 26.5. The number of rotatable bonds is 2. The first-order valence-corrected chi connectivity index (χ1v) is 7.50. The van der Waals surface area contributed by atoms with Gasteiger partial charge in [-0.2, -0.15) is 0 Å². The molecule has 0 spiro atoms. The molecule has 2 fully saturated rings. The van der Waals surface area contributed by atoms with Crippen molar-refractivity contribution in [2.75, 3.05) is 19.6 Å². The third-order valence-corrected chi connectivity index (χ3v) is 4.17. The van der Waals surface area contributed by atoms with Crippen LogP contribution in [0.1, 0.15) is 37.2 Å². The second kappa shape index (κ2) is 6.27. The Bertz CT molecular complexity index is 443. The Morgan fingerprint density at radius 2 is 1.95 bits per heavy atom. The Hall–Kier alpha value is -1.55. The van der Waals surface area contributed by atoms with Gasteiger partial charge in [0, 0.05) is 26.1 Å². The van der Waals surface area contributed by atoms with Gasteiger partial charge in [-0.05, 0) is 30.7 Å². The van der Waals surface area contributed by atoms with E-state index in [1.54, 1.807) is 4.90 Å². The van der Waals surface area contributed by atoms with Crippen LogP contribution in [0.3, 0.4) is 0 Å². The van der Waals surface area contributed by atoms with Gasteiger partial charge in [-0.1, -0.05) is 30.3 Å². The van der Waals surface area contributed by atoms with Gasteiger partial charge in [-0.15, -0.1) is 0 Å². The summed E-state index contributed by atoms with van der Waals surface area (Å²) in [6, 6.07) is 10.4. The van der Waals surface area contributed by atoms with Crippen LogP contribution >= 0.6 is 0 Å². The number of amides is 1. The summed E-state index contributed by atoms with van der Waals surface area (Å²) >= 11 is 0. The van der Waals surface area contributed by atoms with Crippen LogP contribution in [0.25, 0.3) is 0 Å². The number of ether oxygens (including phenoxy) is 1. The van der Waals surface area contributed by atoms with Gasteiger partial charge in [0.25, 0.3) is 0 Å². The van der Waals surface area contributed by atoms with E-state index in [4.69, 9.17) is 4.74 Å². The number of benzene rings is 1. The minimum absolute atomic E-state index is 0.190. The lowest BCUT2D eigenvalue weighted by Crippen LogP contribution is -2.39. The van der Waals surface area contributed by atoms with Crippen LogP contribution in [-0.4, -0.2) is 36.9 Å². The van der Waals surface area contributed by atoms with E-state index in [9.17, 15) is 4.79 Å². The highest BCUT2D eigenvalue weighted by molar-refractivity contribution is 5.68. The van der Waals surface area contributed by atoms with Crippen molar-refractivity contribution < 1.29 is 9.53 Å². The van der Waals surface area contributed by atoms with Gasteiger partial charge >= 0.3 is 6.09 Å². The highest BCUT2D eigenvalue weighted by Gasteiger charge is 2.28. The molecule has 1 aromatic carbocycles. The molecule has 4 nitrogen and oxygen atoms in total. The summed E-state index contributed by atoms with van der Waals surface area (Å²) in [7, 11) is 0. The van der Waals surface area contributed by atoms with Crippen LogP contribution in [0.2, 0.25) is 0 Å². The fraction of sp³-hybridized carbons (Fsp3) is 0.562. The maximum absolute atomic E-state index is 12.0. The zero-order chi connectivity index (χ0) is 13.8. The molecule has 2 aliphatic rings. The highest BCUT2D eigenvalue weighted by Crippen LogP contribution is 2.28. The molecule has 1 amide bonds. The quantitative estimate of drug-likeness (QED) is 0.831. The molecule has 0 aliphatic carbocycles. The average Bonchev–Trinajstić information content (AvgIpc) is 3.03. The summed E-state index contributed by atoms with van der Waals surface area (Å²) < 4.78 is 5.55. The first-order valence-electron chi connectivity index (χ1n) is 7.50. The van der Waals surface area contributed by atoms with E-state index in [0.29, 0.717) is 5.92 Å². The first-order chi connectivity index (χ1) is 9.83. The summed E-state index contributed by atoms with van der Waals surface area (Å²) in [4.78, 5) is 13.8. The zero-order valence-electron chi connectivity index (χ0n) is 11.7. The van der Waals surface area contributed by atoms with Gasteiger partial charge in [0.2, 0.25) is 0 Å². The average molecular weight is 273 g/mol. The van der Waals surface area contributed by atoms with Crippen LogP contribution in [-0.2, 0) is 4.74 Å². The van der Waals surface area contributed by atoms with E-state index in [-0.39, 0.29) is 12.3 Å². The van der Waals surface area contributed by atoms with Crippen molar-refractivity contribution in [2.45, 2.75) is 37.8 Å². The Kier molecular flexibility index (Phi) is 4.21. The molecule has 2 aliphatic heterocycles. The van der Waals surface area contributed by atoms with Gasteiger partial charge in [0.15, 0.2) is 6.23 Å². The number of carbonyl (C=O) groups excluding carboxylic acids is 1. The molecular weight excluding hydrogens is 252 g/mol. The molecule has 3 rings (SSSR count). The lowest BCUT2D eigenvalue weighted by Gasteiger charge is -2.30.